The van der Waals surface area contributed by atoms with E-state index in [2.05, 4.69) is 21.2 Å². The third kappa shape index (κ3) is 4.49. The van der Waals surface area contributed by atoms with Crippen LogP contribution in [-0.2, 0) is 6.54 Å². The van der Waals surface area contributed by atoms with Gasteiger partial charge in [0.05, 0.1) is 36.2 Å². The molecule has 0 fully saturated rings. The second-order valence-electron chi connectivity index (χ2n) is 6.35. The molecule has 0 aliphatic heterocycles. The van der Waals surface area contributed by atoms with Crippen LogP contribution in [0.3, 0.4) is 0 Å². The van der Waals surface area contributed by atoms with Crippen LogP contribution in [0.25, 0.3) is 0 Å². The lowest BCUT2D eigenvalue weighted by Crippen LogP contribution is -2.30. The summed E-state index contributed by atoms with van der Waals surface area (Å²) in [6.45, 7) is 0.266. The first-order valence-corrected chi connectivity index (χ1v) is 9.84. The molecule has 0 aliphatic rings. The molecule has 0 atom stereocenters. The molecule has 1 heterocycles. The van der Waals surface area contributed by atoms with Gasteiger partial charge in [0.2, 0.25) is 0 Å². The highest BCUT2D eigenvalue weighted by molar-refractivity contribution is 9.10. The van der Waals surface area contributed by atoms with Crippen molar-refractivity contribution in [2.75, 3.05) is 26.2 Å². The summed E-state index contributed by atoms with van der Waals surface area (Å²) in [7, 11) is 4.71. The van der Waals surface area contributed by atoms with Crippen LogP contribution >= 0.6 is 15.9 Å². The normalized spacial score (nSPS) is 10.4. The average molecular weight is 473 g/mol. The molecule has 0 spiro atoms. The van der Waals surface area contributed by atoms with Crippen LogP contribution in [0.5, 0.6) is 11.5 Å². The number of nitrogens with one attached hydrogen (secondary N) is 1. The second kappa shape index (κ2) is 9.49. The van der Waals surface area contributed by atoms with Gasteiger partial charge in [-0.25, -0.2) is 0 Å². The maximum atomic E-state index is 12.9. The average Bonchev–Trinajstić information content (AvgIpc) is 3.31. The van der Waals surface area contributed by atoms with Crippen molar-refractivity contribution >= 4 is 33.4 Å². The van der Waals surface area contributed by atoms with Crippen molar-refractivity contribution in [1.82, 2.24) is 5.32 Å². The number of halogens is 1. The highest BCUT2D eigenvalue weighted by Crippen LogP contribution is 2.36. The summed E-state index contributed by atoms with van der Waals surface area (Å²) in [4.78, 5) is 26.9. The lowest BCUT2D eigenvalue weighted by Gasteiger charge is -2.19. The zero-order chi connectivity index (χ0) is 21.7. The first kappa shape index (κ1) is 21.4. The Kier molecular flexibility index (Phi) is 6.79. The summed E-state index contributed by atoms with van der Waals surface area (Å²) < 4.78 is 16.5. The first-order valence-electron chi connectivity index (χ1n) is 9.05. The van der Waals surface area contributed by atoms with Crippen molar-refractivity contribution < 1.29 is 23.5 Å². The Bertz CT molecular complexity index is 1050. The van der Waals surface area contributed by atoms with Gasteiger partial charge in [0, 0.05) is 13.6 Å². The van der Waals surface area contributed by atoms with Crippen LogP contribution in [0.4, 0.5) is 5.69 Å². The van der Waals surface area contributed by atoms with E-state index in [1.165, 1.54) is 11.2 Å². The Labute approximate surface area is 182 Å². The van der Waals surface area contributed by atoms with Gasteiger partial charge in [0.1, 0.15) is 0 Å². The van der Waals surface area contributed by atoms with E-state index >= 15 is 0 Å². The molecule has 7 nitrogen and oxygen atoms in total. The van der Waals surface area contributed by atoms with Crippen molar-refractivity contribution in [3.05, 3.63) is 76.2 Å². The summed E-state index contributed by atoms with van der Waals surface area (Å²) >= 11 is 3.45. The quantitative estimate of drug-likeness (QED) is 0.555. The van der Waals surface area contributed by atoms with E-state index in [1.807, 2.05) is 6.07 Å². The summed E-state index contributed by atoms with van der Waals surface area (Å²) in [5, 5.41) is 2.88. The van der Waals surface area contributed by atoms with Crippen LogP contribution < -0.4 is 19.7 Å². The van der Waals surface area contributed by atoms with Crippen LogP contribution in [0, 0.1) is 0 Å². The molecular weight excluding hydrogens is 452 g/mol. The topological polar surface area (TPSA) is 81.0 Å². The molecule has 0 unspecified atom stereocenters. The van der Waals surface area contributed by atoms with E-state index in [4.69, 9.17) is 13.9 Å². The monoisotopic (exact) mass is 472 g/mol. The number of hydrogen-bond donors (Lipinski definition) is 1. The standard InChI is InChI=1S/C22H21BrN2O5/c1-25(22(27)18-9-6-10-30-18)17-8-5-4-7-15(17)21(26)24-13-14-11-16(23)20(29-3)19(12-14)28-2/h4-12H,13H2,1-3H3,(H,24,26). The lowest BCUT2D eigenvalue weighted by atomic mass is 10.1. The summed E-state index contributed by atoms with van der Waals surface area (Å²) in [5.41, 5.74) is 1.68. The molecule has 1 aromatic heterocycles. The number of rotatable bonds is 7. The number of carbonyl (C=O) groups is 2. The molecule has 2 amide bonds. The van der Waals surface area contributed by atoms with Gasteiger partial charge in [-0.1, -0.05) is 12.1 Å². The molecule has 0 radical (unpaired) electrons. The van der Waals surface area contributed by atoms with Crippen LogP contribution in [0.15, 0.2) is 63.7 Å². The van der Waals surface area contributed by atoms with Crippen LogP contribution in [0.2, 0.25) is 0 Å². The number of hydrogen-bond acceptors (Lipinski definition) is 5. The van der Waals surface area contributed by atoms with Gasteiger partial charge in [-0.05, 0) is 57.9 Å². The molecule has 3 rings (SSSR count). The summed E-state index contributed by atoms with van der Waals surface area (Å²) in [5.74, 6) is 0.679. The molecule has 1 N–H and O–H groups in total. The molecule has 3 aromatic rings. The predicted molar refractivity (Wildman–Crippen MR) is 116 cm³/mol. The molecule has 0 bridgehead atoms. The van der Waals surface area contributed by atoms with Crippen molar-refractivity contribution in [2.45, 2.75) is 6.54 Å². The number of furan rings is 1. The third-order valence-corrected chi connectivity index (χ3v) is 5.08. The van der Waals surface area contributed by atoms with Gasteiger partial charge in [0.15, 0.2) is 17.3 Å². The van der Waals surface area contributed by atoms with Gasteiger partial charge < -0.3 is 24.1 Å². The predicted octanol–water partition coefficient (Wildman–Crippen LogP) is 4.27. The Hall–Kier alpha value is -3.26. The summed E-state index contributed by atoms with van der Waals surface area (Å²) in [6.07, 6.45) is 1.43. The number of carbonyl (C=O) groups excluding carboxylic acids is 2. The lowest BCUT2D eigenvalue weighted by molar-refractivity contribution is 0.0951. The third-order valence-electron chi connectivity index (χ3n) is 4.49. The fraction of sp³-hybridized carbons (Fsp3) is 0.182. The molecule has 8 heteroatoms. The number of nitrogens with zero attached hydrogens (tertiary/aromatic N) is 1. The smallest absolute Gasteiger partial charge is 0.293 e. The van der Waals surface area contributed by atoms with E-state index in [-0.39, 0.29) is 24.1 Å². The van der Waals surface area contributed by atoms with E-state index in [9.17, 15) is 9.59 Å². The van der Waals surface area contributed by atoms with Crippen molar-refractivity contribution in [3.8, 4) is 11.5 Å². The maximum Gasteiger partial charge on any atom is 0.293 e. The maximum absolute atomic E-state index is 12.9. The molecule has 156 valence electrons. The van der Waals surface area contributed by atoms with Gasteiger partial charge in [-0.2, -0.15) is 0 Å². The Morgan fingerprint density at radius 2 is 1.87 bits per heavy atom. The van der Waals surface area contributed by atoms with Gasteiger partial charge >= 0.3 is 0 Å². The molecule has 0 saturated carbocycles. The minimum atomic E-state index is -0.343. The SMILES string of the molecule is COc1cc(CNC(=O)c2ccccc2N(C)C(=O)c2ccco2)cc(Br)c1OC. The molecular formula is C22H21BrN2O5. The van der Waals surface area contributed by atoms with Crippen LogP contribution in [-0.4, -0.2) is 33.1 Å². The van der Waals surface area contributed by atoms with Crippen molar-refractivity contribution in [2.24, 2.45) is 0 Å². The van der Waals surface area contributed by atoms with E-state index < -0.39 is 0 Å². The van der Waals surface area contributed by atoms with E-state index in [0.29, 0.717) is 22.7 Å². The Morgan fingerprint density at radius 3 is 2.53 bits per heavy atom. The number of benzene rings is 2. The Balaban J connectivity index is 1.79. The first-order chi connectivity index (χ1) is 14.5. The minimum absolute atomic E-state index is 0.197. The van der Waals surface area contributed by atoms with E-state index in [0.717, 1.165) is 10.0 Å². The largest absolute Gasteiger partial charge is 0.493 e. The molecule has 0 saturated heterocycles. The van der Waals surface area contributed by atoms with Crippen molar-refractivity contribution in [1.29, 1.82) is 0 Å². The number of methoxy groups -OCH3 is 2. The van der Waals surface area contributed by atoms with Gasteiger partial charge in [-0.3, -0.25) is 9.59 Å². The minimum Gasteiger partial charge on any atom is -0.493 e. The fourth-order valence-corrected chi connectivity index (χ4v) is 3.64. The highest BCUT2D eigenvalue weighted by atomic mass is 79.9. The zero-order valence-electron chi connectivity index (χ0n) is 16.8. The number of ether oxygens (including phenoxy) is 2. The number of amides is 2. The second-order valence-corrected chi connectivity index (χ2v) is 7.21. The van der Waals surface area contributed by atoms with Gasteiger partial charge in [-0.15, -0.1) is 0 Å². The number of para-hydroxylation sites is 1. The van der Waals surface area contributed by atoms with Gasteiger partial charge in [0.25, 0.3) is 11.8 Å². The van der Waals surface area contributed by atoms with E-state index in [1.54, 1.807) is 63.7 Å². The number of anilines is 1. The summed E-state index contributed by atoms with van der Waals surface area (Å²) in [6, 6.07) is 13.8. The molecule has 0 aliphatic carbocycles. The molecule has 30 heavy (non-hydrogen) atoms. The molecule has 2 aromatic carbocycles. The zero-order valence-corrected chi connectivity index (χ0v) is 18.4. The Morgan fingerprint density at radius 1 is 1.10 bits per heavy atom. The highest BCUT2D eigenvalue weighted by Gasteiger charge is 2.21. The van der Waals surface area contributed by atoms with Crippen molar-refractivity contribution in [3.63, 3.8) is 0 Å². The fourth-order valence-electron chi connectivity index (χ4n) is 2.98. The van der Waals surface area contributed by atoms with Crippen LogP contribution in [0.1, 0.15) is 26.5 Å².